The fraction of sp³-hybridized carbons (Fsp3) is 0.632. The van der Waals surface area contributed by atoms with Crippen LogP contribution in [-0.4, -0.2) is 43.6 Å². The molecule has 2 fully saturated rings. The summed E-state index contributed by atoms with van der Waals surface area (Å²) in [6.07, 6.45) is 2.75. The SMILES string of the molecule is Cc1ccc(OCCC(=O)N2CC[C@@H]3CNC[C@@H]3CC2)c(C)c1. The number of fused-ring (bicyclic) bond motifs is 1. The zero-order valence-electron chi connectivity index (χ0n) is 14.3. The molecule has 0 aliphatic carbocycles. The van der Waals surface area contributed by atoms with Crippen molar-refractivity contribution >= 4 is 5.91 Å². The molecule has 1 aromatic carbocycles. The topological polar surface area (TPSA) is 41.6 Å². The standard InChI is InChI=1S/C19H28N2O2/c1-14-3-4-18(15(2)11-14)23-10-7-19(22)21-8-5-16-12-20-13-17(16)6-9-21/h3-4,11,16-17,20H,5-10,12-13H2,1-2H3/t16-,17+. The van der Waals surface area contributed by atoms with Gasteiger partial charge < -0.3 is 15.0 Å². The average molecular weight is 316 g/mol. The molecule has 0 aromatic heterocycles. The monoisotopic (exact) mass is 316 g/mol. The quantitative estimate of drug-likeness (QED) is 0.928. The average Bonchev–Trinajstić information content (AvgIpc) is 2.88. The van der Waals surface area contributed by atoms with Crippen molar-refractivity contribution in [2.24, 2.45) is 11.8 Å². The van der Waals surface area contributed by atoms with E-state index in [1.165, 1.54) is 5.56 Å². The van der Waals surface area contributed by atoms with Gasteiger partial charge in [-0.1, -0.05) is 17.7 Å². The molecule has 0 radical (unpaired) electrons. The smallest absolute Gasteiger partial charge is 0.225 e. The van der Waals surface area contributed by atoms with Crippen molar-refractivity contribution in [2.45, 2.75) is 33.1 Å². The zero-order valence-corrected chi connectivity index (χ0v) is 14.3. The van der Waals surface area contributed by atoms with Crippen LogP contribution in [0.15, 0.2) is 18.2 Å². The molecule has 2 heterocycles. The number of benzene rings is 1. The van der Waals surface area contributed by atoms with Gasteiger partial charge in [-0.3, -0.25) is 4.79 Å². The molecule has 2 aliphatic rings. The normalized spacial score (nSPS) is 24.2. The molecule has 2 atom stereocenters. The van der Waals surface area contributed by atoms with Gasteiger partial charge in [0.2, 0.25) is 5.91 Å². The molecular formula is C19H28N2O2. The van der Waals surface area contributed by atoms with E-state index in [1.807, 2.05) is 24.0 Å². The summed E-state index contributed by atoms with van der Waals surface area (Å²) in [6.45, 7) is 8.66. The number of ether oxygens (including phenoxy) is 1. The van der Waals surface area contributed by atoms with Gasteiger partial charge in [0.1, 0.15) is 5.75 Å². The van der Waals surface area contributed by atoms with Gasteiger partial charge in [0.05, 0.1) is 13.0 Å². The highest BCUT2D eigenvalue weighted by Gasteiger charge is 2.31. The highest BCUT2D eigenvalue weighted by atomic mass is 16.5. The summed E-state index contributed by atoms with van der Waals surface area (Å²) < 4.78 is 5.80. The minimum absolute atomic E-state index is 0.239. The second-order valence-corrected chi connectivity index (χ2v) is 7.00. The third-order valence-electron chi connectivity index (χ3n) is 5.28. The Balaban J connectivity index is 1.45. The molecule has 3 rings (SSSR count). The predicted molar refractivity (Wildman–Crippen MR) is 91.7 cm³/mol. The van der Waals surface area contributed by atoms with Gasteiger partial charge in [-0.15, -0.1) is 0 Å². The predicted octanol–water partition coefficient (Wildman–Crippen LogP) is 2.53. The lowest BCUT2D eigenvalue weighted by atomic mass is 9.92. The number of rotatable bonds is 4. The van der Waals surface area contributed by atoms with Crippen molar-refractivity contribution < 1.29 is 9.53 Å². The number of nitrogens with one attached hydrogen (secondary N) is 1. The van der Waals surface area contributed by atoms with E-state index in [2.05, 4.69) is 18.3 Å². The van der Waals surface area contributed by atoms with Crippen LogP contribution in [0.2, 0.25) is 0 Å². The van der Waals surface area contributed by atoms with E-state index in [0.29, 0.717) is 13.0 Å². The summed E-state index contributed by atoms with van der Waals surface area (Å²) in [4.78, 5) is 14.5. The first-order valence-electron chi connectivity index (χ1n) is 8.82. The Morgan fingerprint density at radius 1 is 1.22 bits per heavy atom. The molecule has 4 heteroatoms. The summed E-state index contributed by atoms with van der Waals surface area (Å²) in [6, 6.07) is 6.15. The molecule has 2 aliphatic heterocycles. The van der Waals surface area contributed by atoms with Crippen molar-refractivity contribution in [3.63, 3.8) is 0 Å². The molecule has 0 bridgehead atoms. The van der Waals surface area contributed by atoms with Gasteiger partial charge in [-0.25, -0.2) is 0 Å². The molecule has 1 N–H and O–H groups in total. The number of nitrogens with zero attached hydrogens (tertiary/aromatic N) is 1. The van der Waals surface area contributed by atoms with Crippen LogP contribution in [0.4, 0.5) is 0 Å². The largest absolute Gasteiger partial charge is 0.493 e. The van der Waals surface area contributed by atoms with Crippen molar-refractivity contribution in [3.8, 4) is 5.75 Å². The fourth-order valence-corrected chi connectivity index (χ4v) is 3.84. The molecule has 23 heavy (non-hydrogen) atoms. The number of aryl methyl sites for hydroxylation is 2. The summed E-state index contributed by atoms with van der Waals surface area (Å²) >= 11 is 0. The van der Waals surface area contributed by atoms with Crippen molar-refractivity contribution in [2.75, 3.05) is 32.8 Å². The van der Waals surface area contributed by atoms with Crippen LogP contribution in [0.25, 0.3) is 0 Å². The van der Waals surface area contributed by atoms with Gasteiger partial charge in [0, 0.05) is 13.1 Å². The highest BCUT2D eigenvalue weighted by Crippen LogP contribution is 2.27. The number of carbonyl (C=O) groups is 1. The number of carbonyl (C=O) groups excluding carboxylic acids is 1. The van der Waals surface area contributed by atoms with Crippen LogP contribution in [0.3, 0.4) is 0 Å². The van der Waals surface area contributed by atoms with Gasteiger partial charge in [-0.2, -0.15) is 0 Å². The van der Waals surface area contributed by atoms with Crippen molar-refractivity contribution in [1.29, 1.82) is 0 Å². The van der Waals surface area contributed by atoms with Crippen LogP contribution in [-0.2, 0) is 4.79 Å². The molecule has 1 amide bonds. The third-order valence-corrected chi connectivity index (χ3v) is 5.28. The maximum absolute atomic E-state index is 12.4. The molecule has 1 aromatic rings. The Kier molecular flexibility index (Phi) is 5.21. The Hall–Kier alpha value is -1.55. The minimum Gasteiger partial charge on any atom is -0.493 e. The van der Waals surface area contributed by atoms with E-state index in [9.17, 15) is 4.79 Å². The van der Waals surface area contributed by atoms with Crippen LogP contribution in [0, 0.1) is 25.7 Å². The Morgan fingerprint density at radius 3 is 2.57 bits per heavy atom. The van der Waals surface area contributed by atoms with Crippen LogP contribution >= 0.6 is 0 Å². The molecule has 0 spiro atoms. The van der Waals surface area contributed by atoms with Crippen molar-refractivity contribution in [1.82, 2.24) is 10.2 Å². The van der Waals surface area contributed by atoms with E-state index < -0.39 is 0 Å². The number of hydrogen-bond donors (Lipinski definition) is 1. The number of likely N-dealkylation sites (tertiary alicyclic amines) is 1. The van der Waals surface area contributed by atoms with Crippen LogP contribution in [0.5, 0.6) is 5.75 Å². The van der Waals surface area contributed by atoms with Gasteiger partial charge in [0.25, 0.3) is 0 Å². The highest BCUT2D eigenvalue weighted by molar-refractivity contribution is 5.76. The van der Waals surface area contributed by atoms with E-state index in [-0.39, 0.29) is 5.91 Å². The molecule has 0 unspecified atom stereocenters. The number of amides is 1. The van der Waals surface area contributed by atoms with Crippen LogP contribution in [0.1, 0.15) is 30.4 Å². The third kappa shape index (κ3) is 4.05. The van der Waals surface area contributed by atoms with Gasteiger partial charge >= 0.3 is 0 Å². The minimum atomic E-state index is 0.239. The number of hydrogen-bond acceptors (Lipinski definition) is 3. The Bertz CT molecular complexity index is 544. The first-order valence-corrected chi connectivity index (χ1v) is 8.82. The molecule has 2 saturated heterocycles. The summed E-state index contributed by atoms with van der Waals surface area (Å²) in [5.41, 5.74) is 2.36. The van der Waals surface area contributed by atoms with Crippen LogP contribution < -0.4 is 10.1 Å². The van der Waals surface area contributed by atoms with E-state index in [0.717, 1.165) is 62.2 Å². The van der Waals surface area contributed by atoms with Gasteiger partial charge in [0.15, 0.2) is 0 Å². The summed E-state index contributed by atoms with van der Waals surface area (Å²) in [7, 11) is 0. The van der Waals surface area contributed by atoms with Gasteiger partial charge in [-0.05, 0) is 63.2 Å². The Morgan fingerprint density at radius 2 is 1.91 bits per heavy atom. The molecule has 126 valence electrons. The lowest BCUT2D eigenvalue weighted by Crippen LogP contribution is -2.33. The molecule has 0 saturated carbocycles. The summed E-state index contributed by atoms with van der Waals surface area (Å²) in [5.74, 6) is 2.65. The Labute approximate surface area is 139 Å². The first-order chi connectivity index (χ1) is 11.1. The molecular weight excluding hydrogens is 288 g/mol. The summed E-state index contributed by atoms with van der Waals surface area (Å²) in [5, 5.41) is 3.47. The van der Waals surface area contributed by atoms with E-state index >= 15 is 0 Å². The second kappa shape index (κ2) is 7.35. The van der Waals surface area contributed by atoms with E-state index in [4.69, 9.17) is 4.74 Å². The maximum Gasteiger partial charge on any atom is 0.225 e. The van der Waals surface area contributed by atoms with E-state index in [1.54, 1.807) is 0 Å². The fourth-order valence-electron chi connectivity index (χ4n) is 3.84. The van der Waals surface area contributed by atoms with Crippen molar-refractivity contribution in [3.05, 3.63) is 29.3 Å². The lowest BCUT2D eigenvalue weighted by molar-refractivity contribution is -0.131. The second-order valence-electron chi connectivity index (χ2n) is 7.00. The lowest BCUT2D eigenvalue weighted by Gasteiger charge is -2.21. The zero-order chi connectivity index (χ0) is 16.2. The molecule has 4 nitrogen and oxygen atoms in total. The first kappa shape index (κ1) is 16.3. The maximum atomic E-state index is 12.4.